The molecule has 0 spiro atoms. The predicted octanol–water partition coefficient (Wildman–Crippen LogP) is 8.97. The molecular weight excluding hydrogens is 1090 g/mol. The summed E-state index contributed by atoms with van der Waals surface area (Å²) in [5, 5.41) is 35.3. The first-order chi connectivity index (χ1) is 41.1. The van der Waals surface area contributed by atoms with Gasteiger partial charge >= 0.3 is 0 Å². The van der Waals surface area contributed by atoms with Crippen molar-refractivity contribution in [1.82, 2.24) is 121 Å². The van der Waals surface area contributed by atoms with Crippen LogP contribution in [0.4, 0.5) is 0 Å². The van der Waals surface area contributed by atoms with E-state index in [-0.39, 0.29) is 0 Å². The lowest BCUT2D eigenvalue weighted by Crippen LogP contribution is -1.85. The van der Waals surface area contributed by atoms with Gasteiger partial charge in [0.25, 0.3) is 0 Å². The Labute approximate surface area is 491 Å². The van der Waals surface area contributed by atoms with Gasteiger partial charge in [-0.05, 0) is 106 Å². The lowest BCUT2D eigenvalue weighted by atomic mass is 10.4. The van der Waals surface area contributed by atoms with Gasteiger partial charge < -0.3 is 26.7 Å². The summed E-state index contributed by atoms with van der Waals surface area (Å²) >= 11 is 0. The maximum Gasteiger partial charge on any atom is 0.223 e. The van der Waals surface area contributed by atoms with Crippen LogP contribution in [0.1, 0.15) is 75.1 Å². The number of aromatic nitrogens is 24. The van der Waals surface area contributed by atoms with E-state index in [0.29, 0.717) is 23.4 Å². The topological polar surface area (TPSA) is 388 Å². The van der Waals surface area contributed by atoms with E-state index in [9.17, 15) is 0 Å². The summed E-state index contributed by atoms with van der Waals surface area (Å²) in [6, 6.07) is 13.3. The van der Waals surface area contributed by atoms with Crippen LogP contribution < -0.4 is 0 Å². The van der Waals surface area contributed by atoms with Crippen molar-refractivity contribution >= 4 is 0 Å². The quantitative estimate of drug-likeness (QED) is 0.137. The van der Waals surface area contributed by atoms with Gasteiger partial charge in [0.2, 0.25) is 24.6 Å². The average Bonchev–Trinajstić information content (AvgIpc) is 4.41. The molecule has 0 unspecified atom stereocenters. The van der Waals surface area contributed by atoms with Crippen LogP contribution in [0.25, 0.3) is 0 Å². The van der Waals surface area contributed by atoms with Crippen molar-refractivity contribution in [3.63, 3.8) is 0 Å². The van der Waals surface area contributed by atoms with Crippen LogP contribution in [0, 0.1) is 90.0 Å². The first-order valence-corrected chi connectivity index (χ1v) is 24.9. The monoisotopic (exact) mass is 1160 g/mol. The van der Waals surface area contributed by atoms with Crippen molar-refractivity contribution in [2.75, 3.05) is 0 Å². The Kier molecular flexibility index (Phi) is 41.7. The van der Waals surface area contributed by atoms with Crippen molar-refractivity contribution in [1.29, 1.82) is 0 Å². The third-order valence-corrected chi connectivity index (χ3v) is 7.94. The molecule has 0 aliphatic carbocycles. The molecule has 85 heavy (non-hydrogen) atoms. The molecule has 0 atom stereocenters. The van der Waals surface area contributed by atoms with E-state index in [4.69, 9.17) is 8.83 Å². The first-order valence-electron chi connectivity index (χ1n) is 24.9. The standard InChI is InChI=1S/C6H7N.4C5H6N2.2C4H5N3.3C4H5NO.3C3H4N2O/c1-6-4-2-3-5-7-6;1-5-4-6-2-3-7-5;1-5-2-3-6-4-7-5;1-5-6-3-2-4-7-5;1-5-3-2-4-6-7-5;1-4-2-6-7-3-5-4;1-4-5-2-3-6-7-4;1-4-2-6-3-5-4;1-4-2-5-3-6-4;1-4-5-2-3-6-4;1-3-5-4-2-6-3;1-3-4-2-6-5-3;1-3-4-2-5-6-3/h2-5H,1H3;4*2-4H,1H3;2*2-3H,1H3;3*2-3H,1H3;3*2H,1H3. The highest BCUT2D eigenvalue weighted by molar-refractivity contribution is 5.00. The van der Waals surface area contributed by atoms with Crippen LogP contribution in [0.3, 0.4) is 0 Å². The lowest BCUT2D eigenvalue weighted by molar-refractivity contribution is 0.392. The Morgan fingerprint density at radius 2 is 1.05 bits per heavy atom. The number of rotatable bonds is 0. The zero-order valence-electron chi connectivity index (χ0n) is 49.4. The maximum absolute atomic E-state index is 4.72. The fraction of sp³-hybridized carbons (Fsp3) is 0.236. The maximum atomic E-state index is 4.72. The number of nitrogens with zero attached hydrogens (tertiary/aromatic N) is 24. The Balaban J connectivity index is 0.000000461. The van der Waals surface area contributed by atoms with E-state index in [1.54, 1.807) is 134 Å². The Morgan fingerprint density at radius 1 is 0.329 bits per heavy atom. The molecule has 30 heteroatoms. The second-order valence-electron chi connectivity index (χ2n) is 15.5. The molecule has 0 radical (unpaired) electrons. The second kappa shape index (κ2) is 49.6. The van der Waals surface area contributed by atoms with E-state index >= 15 is 0 Å². The van der Waals surface area contributed by atoms with Crippen LogP contribution in [0.5, 0.6) is 0 Å². The first kappa shape index (κ1) is 71.6. The number of aryl methyl sites for hydroxylation is 13. The molecule has 0 aliphatic rings. The van der Waals surface area contributed by atoms with Crippen molar-refractivity contribution in [2.24, 2.45) is 0 Å². The van der Waals surface area contributed by atoms with E-state index < -0.39 is 0 Å². The third-order valence-electron chi connectivity index (χ3n) is 7.94. The van der Waals surface area contributed by atoms with Crippen molar-refractivity contribution < 1.29 is 26.7 Å². The summed E-state index contributed by atoms with van der Waals surface area (Å²) in [6.07, 6.45) is 34.6. The summed E-state index contributed by atoms with van der Waals surface area (Å²) < 4.78 is 27.5. The largest absolute Gasteiger partial charge is 0.452 e. The van der Waals surface area contributed by atoms with Gasteiger partial charge in [0, 0.05) is 87.9 Å². The molecule has 0 bridgehead atoms. The van der Waals surface area contributed by atoms with Gasteiger partial charge in [-0.15, -0.1) is 20.4 Å². The van der Waals surface area contributed by atoms with Gasteiger partial charge in [0.15, 0.2) is 30.8 Å². The minimum absolute atomic E-state index is 0.606. The molecule has 0 saturated heterocycles. The molecule has 30 nitrogen and oxygen atoms in total. The van der Waals surface area contributed by atoms with Gasteiger partial charge in [-0.25, -0.2) is 44.9 Å². The minimum atomic E-state index is 0.606. The van der Waals surface area contributed by atoms with E-state index in [0.717, 1.165) is 51.6 Å². The number of hydrogen-bond donors (Lipinski definition) is 0. The van der Waals surface area contributed by atoms with Gasteiger partial charge in [-0.2, -0.15) is 30.4 Å². The molecule has 0 aromatic carbocycles. The number of oxazole rings is 3. The SMILES string of the molecule is Cc1ccccn1.Cc1cccnn1.Cc1ccncn1.Cc1cnccn1.Cc1cnco1.Cc1cnncn1.Cc1cocn1.Cc1ncccn1.Cc1nccnn1.Cc1ncco1.Cc1ncno1.Cc1ncon1.Cc1nnco1. The molecule has 0 aliphatic heterocycles. The summed E-state index contributed by atoms with van der Waals surface area (Å²) in [5.41, 5.74) is 5.83. The minimum Gasteiger partial charge on any atom is -0.452 e. The van der Waals surface area contributed by atoms with E-state index in [2.05, 4.69) is 139 Å². The molecule has 0 amide bonds. The molecule has 0 saturated carbocycles. The lowest BCUT2D eigenvalue weighted by Gasteiger charge is -1.82. The summed E-state index contributed by atoms with van der Waals surface area (Å²) in [7, 11) is 0. The van der Waals surface area contributed by atoms with Crippen LogP contribution in [0.15, 0.2) is 207 Å². The number of hydrogen-bond acceptors (Lipinski definition) is 30. The fourth-order valence-electron chi connectivity index (χ4n) is 4.07. The van der Waals surface area contributed by atoms with Crippen molar-refractivity contribution in [2.45, 2.75) is 90.0 Å². The van der Waals surface area contributed by atoms with Crippen molar-refractivity contribution in [3.8, 4) is 0 Å². The Morgan fingerprint density at radius 3 is 1.28 bits per heavy atom. The van der Waals surface area contributed by atoms with Crippen LogP contribution in [-0.2, 0) is 0 Å². The molecule has 0 fully saturated rings. The van der Waals surface area contributed by atoms with E-state index in [1.165, 1.54) is 44.6 Å². The Bertz CT molecular complexity index is 2700. The zero-order chi connectivity index (χ0) is 62.2. The molecule has 0 N–H and O–H groups in total. The normalized spacial score (nSPS) is 8.76. The highest BCUT2D eigenvalue weighted by Gasteiger charge is 1.84. The van der Waals surface area contributed by atoms with Gasteiger partial charge in [0.1, 0.15) is 42.6 Å². The highest BCUT2D eigenvalue weighted by atomic mass is 16.5. The molecule has 13 aromatic rings. The fourth-order valence-corrected chi connectivity index (χ4v) is 4.07. The summed E-state index contributed by atoms with van der Waals surface area (Å²) in [6.45, 7) is 24.0. The van der Waals surface area contributed by atoms with Crippen molar-refractivity contribution in [3.05, 3.63) is 255 Å². The summed E-state index contributed by atoms with van der Waals surface area (Å²) in [5.74, 6) is 5.00. The Hall–Kier alpha value is -11.5. The van der Waals surface area contributed by atoms with Gasteiger partial charge in [-0.3, -0.25) is 15.0 Å². The predicted molar refractivity (Wildman–Crippen MR) is 306 cm³/mol. The molecular formula is C55H68N24O6. The van der Waals surface area contributed by atoms with Crippen LogP contribution in [0.2, 0.25) is 0 Å². The molecule has 13 aromatic heterocycles. The average molecular weight is 1160 g/mol. The second-order valence-corrected chi connectivity index (χ2v) is 15.5. The zero-order valence-corrected chi connectivity index (χ0v) is 49.4. The molecule has 444 valence electrons. The van der Waals surface area contributed by atoms with Gasteiger partial charge in [-0.1, -0.05) is 16.4 Å². The van der Waals surface area contributed by atoms with E-state index in [1.807, 2.05) is 91.8 Å². The number of pyridine rings is 1. The molecule has 13 heterocycles. The third kappa shape index (κ3) is 48.2. The van der Waals surface area contributed by atoms with Crippen LogP contribution >= 0.6 is 0 Å². The smallest absolute Gasteiger partial charge is 0.223 e. The highest BCUT2D eigenvalue weighted by Crippen LogP contribution is 1.91. The molecule has 13 rings (SSSR count). The van der Waals surface area contributed by atoms with Gasteiger partial charge in [0.05, 0.1) is 47.6 Å². The van der Waals surface area contributed by atoms with Crippen LogP contribution in [-0.4, -0.2) is 121 Å². The summed E-state index contributed by atoms with van der Waals surface area (Å²) in [4.78, 5) is 53.1.